The molecule has 0 aliphatic carbocycles. The van der Waals surface area contributed by atoms with Crippen molar-refractivity contribution >= 4 is 0 Å². The lowest BCUT2D eigenvalue weighted by atomic mass is 9.85. The number of aryl methyl sites for hydroxylation is 1. The molecule has 1 aromatic heterocycles. The Kier molecular flexibility index (Phi) is 5.17. The van der Waals surface area contributed by atoms with Crippen molar-refractivity contribution in [2.45, 2.75) is 49.9 Å². The van der Waals surface area contributed by atoms with Crippen molar-refractivity contribution in [2.75, 3.05) is 13.7 Å². The van der Waals surface area contributed by atoms with Gasteiger partial charge in [0.1, 0.15) is 18.0 Å². The van der Waals surface area contributed by atoms with Crippen molar-refractivity contribution in [3.05, 3.63) is 54.6 Å². The number of aromatic nitrogens is 2. The van der Waals surface area contributed by atoms with E-state index in [-0.39, 0.29) is 0 Å². The van der Waals surface area contributed by atoms with Crippen molar-refractivity contribution in [3.8, 4) is 11.5 Å². The van der Waals surface area contributed by atoms with E-state index in [1.807, 2.05) is 29.9 Å². The number of aliphatic hydroxyl groups is 1. The number of nitrogens with zero attached hydrogens (tertiary/aromatic N) is 3. The van der Waals surface area contributed by atoms with Crippen LogP contribution in [0.15, 0.2) is 43.2 Å². The van der Waals surface area contributed by atoms with E-state index in [0.717, 1.165) is 42.3 Å². The zero-order valence-electron chi connectivity index (χ0n) is 16.7. The molecule has 6 nitrogen and oxygen atoms in total. The number of hydrogen-bond acceptors (Lipinski definition) is 5. The molecule has 0 spiro atoms. The highest BCUT2D eigenvalue weighted by molar-refractivity contribution is 5.47. The van der Waals surface area contributed by atoms with Gasteiger partial charge >= 0.3 is 0 Å². The second-order valence-corrected chi connectivity index (χ2v) is 7.91. The minimum Gasteiger partial charge on any atom is -0.493 e. The van der Waals surface area contributed by atoms with Crippen molar-refractivity contribution < 1.29 is 14.6 Å². The second-order valence-electron chi connectivity index (χ2n) is 7.91. The van der Waals surface area contributed by atoms with Gasteiger partial charge in [-0.1, -0.05) is 24.8 Å². The van der Waals surface area contributed by atoms with Crippen molar-refractivity contribution in [3.63, 3.8) is 0 Å². The minimum absolute atomic E-state index is 0.332. The van der Waals surface area contributed by atoms with E-state index in [9.17, 15) is 5.11 Å². The third-order valence-corrected chi connectivity index (χ3v) is 6.13. The van der Waals surface area contributed by atoms with Crippen molar-refractivity contribution in [1.82, 2.24) is 14.5 Å². The maximum absolute atomic E-state index is 11.4. The summed E-state index contributed by atoms with van der Waals surface area (Å²) in [7, 11) is 3.62. The van der Waals surface area contributed by atoms with E-state index in [0.29, 0.717) is 31.5 Å². The van der Waals surface area contributed by atoms with Crippen LogP contribution in [0.4, 0.5) is 0 Å². The van der Waals surface area contributed by atoms with E-state index in [4.69, 9.17) is 9.47 Å². The van der Waals surface area contributed by atoms with Crippen LogP contribution in [-0.2, 0) is 19.2 Å². The summed E-state index contributed by atoms with van der Waals surface area (Å²) in [6.07, 6.45) is 9.03. The highest BCUT2D eigenvalue weighted by atomic mass is 16.5. The second kappa shape index (κ2) is 7.60. The fourth-order valence-electron chi connectivity index (χ4n) is 4.92. The molecule has 0 radical (unpaired) electrons. The maximum atomic E-state index is 11.4. The minimum atomic E-state index is -0.850. The Morgan fingerprint density at radius 2 is 2.07 bits per heavy atom. The molecule has 1 N–H and O–H groups in total. The number of fused-ring (bicyclic) bond motifs is 2. The highest BCUT2D eigenvalue weighted by Crippen LogP contribution is 2.46. The average molecular weight is 383 g/mol. The highest BCUT2D eigenvalue weighted by Gasteiger charge is 2.49. The van der Waals surface area contributed by atoms with Crippen LogP contribution in [0.25, 0.3) is 0 Å². The quantitative estimate of drug-likeness (QED) is 0.745. The van der Waals surface area contributed by atoms with Crippen LogP contribution in [0.5, 0.6) is 11.5 Å². The van der Waals surface area contributed by atoms with Gasteiger partial charge in [-0.15, -0.1) is 0 Å². The molecule has 0 unspecified atom stereocenters. The Morgan fingerprint density at radius 1 is 1.32 bits per heavy atom. The fraction of sp³-hybridized carbons (Fsp3) is 0.500. The smallest absolute Gasteiger partial charge is 0.166 e. The van der Waals surface area contributed by atoms with Gasteiger partial charge in [0.25, 0.3) is 0 Å². The third kappa shape index (κ3) is 3.31. The number of piperidine rings is 1. The Labute approximate surface area is 166 Å². The molecule has 0 saturated carbocycles. The molecule has 2 bridgehead atoms. The molecule has 1 aromatic carbocycles. The normalized spacial score (nSPS) is 27.0. The summed E-state index contributed by atoms with van der Waals surface area (Å²) >= 11 is 0. The van der Waals surface area contributed by atoms with Crippen LogP contribution in [0.2, 0.25) is 0 Å². The Hall–Kier alpha value is -2.31. The lowest BCUT2D eigenvalue weighted by Crippen LogP contribution is -2.50. The molecule has 3 heterocycles. The number of methoxy groups -OCH3 is 1. The van der Waals surface area contributed by atoms with Gasteiger partial charge in [-0.3, -0.25) is 4.90 Å². The van der Waals surface area contributed by atoms with Gasteiger partial charge in [0.05, 0.1) is 7.11 Å². The van der Waals surface area contributed by atoms with E-state index in [1.54, 1.807) is 19.4 Å². The topological polar surface area (TPSA) is 59.8 Å². The molecule has 2 aromatic rings. The summed E-state index contributed by atoms with van der Waals surface area (Å²) in [6.45, 7) is 4.98. The average Bonchev–Trinajstić information content (AvgIpc) is 3.22. The lowest BCUT2D eigenvalue weighted by molar-refractivity contribution is -0.0670. The summed E-state index contributed by atoms with van der Waals surface area (Å²) in [5, 5.41) is 11.4. The Balaban J connectivity index is 1.57. The summed E-state index contributed by atoms with van der Waals surface area (Å²) in [4.78, 5) is 6.96. The lowest BCUT2D eigenvalue weighted by Gasteiger charge is -2.43. The van der Waals surface area contributed by atoms with Crippen LogP contribution in [0.3, 0.4) is 0 Å². The first-order chi connectivity index (χ1) is 13.6. The molecule has 2 saturated heterocycles. The molecule has 28 heavy (non-hydrogen) atoms. The predicted molar refractivity (Wildman–Crippen MR) is 107 cm³/mol. The van der Waals surface area contributed by atoms with E-state index >= 15 is 0 Å². The van der Waals surface area contributed by atoms with Gasteiger partial charge in [0.15, 0.2) is 11.5 Å². The van der Waals surface area contributed by atoms with E-state index < -0.39 is 5.60 Å². The molecular weight excluding hydrogens is 354 g/mol. The molecule has 2 atom stereocenters. The summed E-state index contributed by atoms with van der Waals surface area (Å²) in [5.41, 5.74) is 0.262. The number of imidazole rings is 1. The molecule has 2 aliphatic rings. The maximum Gasteiger partial charge on any atom is 0.166 e. The van der Waals surface area contributed by atoms with Crippen LogP contribution in [0, 0.1) is 0 Å². The standard InChI is InChI=1S/C22H29N3O3/c1-4-12-28-20-16(6-5-7-19(20)27-3)15-25-17-8-9-18(25)14-22(26,13-17)21-23-10-11-24(21)2/h4-7,10-11,17-18,26H,1,8-9,12-15H2,2-3H3/t17-,18-/m1/s1. The van der Waals surface area contributed by atoms with Gasteiger partial charge in [0.2, 0.25) is 0 Å². The van der Waals surface area contributed by atoms with Gasteiger partial charge in [0, 0.05) is 43.6 Å². The van der Waals surface area contributed by atoms with Gasteiger partial charge < -0.3 is 19.1 Å². The molecule has 150 valence electrons. The summed E-state index contributed by atoms with van der Waals surface area (Å²) in [6, 6.07) is 6.69. The summed E-state index contributed by atoms with van der Waals surface area (Å²) < 4.78 is 13.4. The monoisotopic (exact) mass is 383 g/mol. The van der Waals surface area contributed by atoms with Gasteiger partial charge in [-0.2, -0.15) is 0 Å². The number of hydrogen-bond donors (Lipinski definition) is 1. The van der Waals surface area contributed by atoms with Crippen molar-refractivity contribution in [1.29, 1.82) is 0 Å². The largest absolute Gasteiger partial charge is 0.493 e. The van der Waals surface area contributed by atoms with Crippen LogP contribution in [-0.4, -0.2) is 45.4 Å². The van der Waals surface area contributed by atoms with Gasteiger partial charge in [-0.05, 0) is 31.7 Å². The molecule has 2 fully saturated rings. The number of rotatable bonds is 7. The first-order valence-electron chi connectivity index (χ1n) is 9.91. The molecular formula is C22H29N3O3. The summed E-state index contributed by atoms with van der Waals surface area (Å²) in [5.74, 6) is 2.31. The molecule has 0 amide bonds. The Morgan fingerprint density at radius 3 is 2.68 bits per heavy atom. The SMILES string of the molecule is C=CCOc1c(CN2[C@@H]3CC[C@@H]2CC(O)(c2nccn2C)C3)cccc1OC. The predicted octanol–water partition coefficient (Wildman–Crippen LogP) is 3.01. The molecule has 4 rings (SSSR count). The van der Waals surface area contributed by atoms with Crippen molar-refractivity contribution in [2.24, 2.45) is 7.05 Å². The first kappa shape index (κ1) is 19.0. The fourth-order valence-corrected chi connectivity index (χ4v) is 4.92. The molecule has 6 heteroatoms. The number of ether oxygens (including phenoxy) is 2. The zero-order valence-corrected chi connectivity index (χ0v) is 16.7. The zero-order chi connectivity index (χ0) is 19.7. The van der Waals surface area contributed by atoms with Crippen LogP contribution >= 0.6 is 0 Å². The number of para-hydroxylation sites is 1. The van der Waals surface area contributed by atoms with E-state index in [1.165, 1.54) is 0 Å². The first-order valence-corrected chi connectivity index (χ1v) is 9.91. The molecule has 2 aliphatic heterocycles. The number of benzene rings is 1. The third-order valence-electron chi connectivity index (χ3n) is 6.13. The van der Waals surface area contributed by atoms with E-state index in [2.05, 4.69) is 22.5 Å². The van der Waals surface area contributed by atoms with Crippen LogP contribution in [0.1, 0.15) is 37.1 Å². The Bertz CT molecular complexity index is 833. The van der Waals surface area contributed by atoms with Gasteiger partial charge in [-0.25, -0.2) is 4.98 Å². The van der Waals surface area contributed by atoms with Crippen LogP contribution < -0.4 is 9.47 Å².